The van der Waals surface area contributed by atoms with Crippen LogP contribution in [0.15, 0.2) is 78.9 Å². The third-order valence-electron chi connectivity index (χ3n) is 5.09. The van der Waals surface area contributed by atoms with Crippen molar-refractivity contribution in [2.45, 2.75) is 18.1 Å². The number of thioether (sulfide) groups is 1. The zero-order valence-electron chi connectivity index (χ0n) is 16.8. The fraction of sp³-hybridized carbons (Fsp3) is 0.167. The van der Waals surface area contributed by atoms with Crippen LogP contribution in [0.25, 0.3) is 0 Å². The van der Waals surface area contributed by atoms with Crippen molar-refractivity contribution in [2.24, 2.45) is 0 Å². The summed E-state index contributed by atoms with van der Waals surface area (Å²) >= 11 is 1.54. The second kappa shape index (κ2) is 9.08. The summed E-state index contributed by atoms with van der Waals surface area (Å²) in [7, 11) is 0. The molecule has 1 unspecified atom stereocenters. The molecule has 1 fully saturated rings. The SMILES string of the molecule is O=C(Nc1ccc(C(F)(F)F)cc1)c1ccc(C2SCC(=O)N2Cc2ccccc2)cc1. The number of alkyl halides is 3. The number of hydrogen-bond donors (Lipinski definition) is 1. The standard InChI is InChI=1S/C24H19F3N2O2S/c25-24(26,27)19-10-12-20(13-11-19)28-22(31)17-6-8-18(9-7-17)23-29(21(30)15-32-23)14-16-4-2-1-3-5-16/h1-13,23H,14-15H2,(H,28,31). The van der Waals surface area contributed by atoms with Gasteiger partial charge in [-0.25, -0.2) is 0 Å². The highest BCUT2D eigenvalue weighted by Gasteiger charge is 2.33. The molecule has 1 heterocycles. The Hall–Kier alpha value is -3.26. The minimum atomic E-state index is -4.42. The quantitative estimate of drug-likeness (QED) is 0.533. The summed E-state index contributed by atoms with van der Waals surface area (Å²) in [5.41, 5.74) is 1.82. The number of benzene rings is 3. The second-order valence-corrected chi connectivity index (χ2v) is 8.39. The van der Waals surface area contributed by atoms with Crippen molar-refractivity contribution in [3.05, 3.63) is 101 Å². The van der Waals surface area contributed by atoms with Crippen LogP contribution in [0.4, 0.5) is 18.9 Å². The molecule has 3 aromatic rings. The summed E-state index contributed by atoms with van der Waals surface area (Å²) in [5.74, 6) is 0.0359. The van der Waals surface area contributed by atoms with Crippen molar-refractivity contribution >= 4 is 29.3 Å². The van der Waals surface area contributed by atoms with E-state index in [0.717, 1.165) is 23.3 Å². The summed E-state index contributed by atoms with van der Waals surface area (Å²) in [6, 6.07) is 20.9. The number of hydrogen-bond acceptors (Lipinski definition) is 3. The average molecular weight is 456 g/mol. The normalized spacial score (nSPS) is 16.3. The molecule has 1 aliphatic rings. The number of halogens is 3. The van der Waals surface area contributed by atoms with E-state index in [9.17, 15) is 22.8 Å². The molecule has 164 valence electrons. The Morgan fingerprint density at radius 1 is 0.969 bits per heavy atom. The van der Waals surface area contributed by atoms with Crippen molar-refractivity contribution in [1.82, 2.24) is 4.90 Å². The van der Waals surface area contributed by atoms with Crippen LogP contribution in [0.5, 0.6) is 0 Å². The Morgan fingerprint density at radius 2 is 1.62 bits per heavy atom. The maximum Gasteiger partial charge on any atom is 0.416 e. The molecule has 3 aromatic carbocycles. The van der Waals surface area contributed by atoms with Crippen LogP contribution in [-0.4, -0.2) is 22.5 Å². The van der Waals surface area contributed by atoms with Gasteiger partial charge in [-0.1, -0.05) is 42.5 Å². The molecule has 4 rings (SSSR count). The van der Waals surface area contributed by atoms with Crippen molar-refractivity contribution in [3.8, 4) is 0 Å². The van der Waals surface area contributed by atoms with Gasteiger partial charge in [-0.15, -0.1) is 11.8 Å². The van der Waals surface area contributed by atoms with Crippen LogP contribution in [0.2, 0.25) is 0 Å². The first-order valence-corrected chi connectivity index (χ1v) is 10.9. The lowest BCUT2D eigenvalue weighted by atomic mass is 10.1. The van der Waals surface area contributed by atoms with Gasteiger partial charge in [0.05, 0.1) is 11.3 Å². The van der Waals surface area contributed by atoms with Crippen LogP contribution in [0, 0.1) is 0 Å². The molecule has 2 amide bonds. The largest absolute Gasteiger partial charge is 0.416 e. The van der Waals surface area contributed by atoms with Crippen LogP contribution in [-0.2, 0) is 17.5 Å². The number of amides is 2. The first-order chi connectivity index (χ1) is 15.3. The molecule has 0 saturated carbocycles. The Morgan fingerprint density at radius 3 is 2.25 bits per heavy atom. The van der Waals surface area contributed by atoms with Gasteiger partial charge in [-0.3, -0.25) is 9.59 Å². The van der Waals surface area contributed by atoms with Gasteiger partial charge in [0, 0.05) is 17.8 Å². The smallest absolute Gasteiger partial charge is 0.322 e. The maximum atomic E-state index is 12.7. The molecule has 0 aromatic heterocycles. The molecule has 0 radical (unpaired) electrons. The second-order valence-electron chi connectivity index (χ2n) is 7.32. The zero-order chi connectivity index (χ0) is 22.7. The predicted molar refractivity (Wildman–Crippen MR) is 118 cm³/mol. The molecule has 0 aliphatic carbocycles. The van der Waals surface area contributed by atoms with E-state index in [0.29, 0.717) is 17.9 Å². The van der Waals surface area contributed by atoms with Gasteiger partial charge in [0.2, 0.25) is 5.91 Å². The van der Waals surface area contributed by atoms with Crippen molar-refractivity contribution in [3.63, 3.8) is 0 Å². The van der Waals surface area contributed by atoms with Crippen LogP contribution >= 0.6 is 11.8 Å². The lowest BCUT2D eigenvalue weighted by Crippen LogP contribution is -2.27. The van der Waals surface area contributed by atoms with E-state index in [-0.39, 0.29) is 17.0 Å². The van der Waals surface area contributed by atoms with Gasteiger partial charge in [-0.2, -0.15) is 13.2 Å². The van der Waals surface area contributed by atoms with Crippen molar-refractivity contribution < 1.29 is 22.8 Å². The predicted octanol–water partition coefficient (Wildman–Crippen LogP) is 5.73. The van der Waals surface area contributed by atoms with Gasteiger partial charge >= 0.3 is 6.18 Å². The fourth-order valence-electron chi connectivity index (χ4n) is 3.43. The van der Waals surface area contributed by atoms with Gasteiger partial charge in [0.15, 0.2) is 0 Å². The minimum Gasteiger partial charge on any atom is -0.322 e. The highest BCUT2D eigenvalue weighted by Crippen LogP contribution is 2.39. The fourth-order valence-corrected chi connectivity index (χ4v) is 4.61. The van der Waals surface area contributed by atoms with E-state index in [4.69, 9.17) is 0 Å². The summed E-state index contributed by atoms with van der Waals surface area (Å²) in [6.45, 7) is 0.507. The Labute approximate surface area is 187 Å². The molecule has 0 spiro atoms. The number of anilines is 1. The first kappa shape index (κ1) is 22.0. The number of nitrogens with zero attached hydrogens (tertiary/aromatic N) is 1. The monoisotopic (exact) mass is 456 g/mol. The van der Waals surface area contributed by atoms with E-state index in [2.05, 4.69) is 5.32 Å². The third kappa shape index (κ3) is 4.96. The van der Waals surface area contributed by atoms with E-state index < -0.39 is 17.6 Å². The summed E-state index contributed by atoms with van der Waals surface area (Å²) in [6.07, 6.45) is -4.42. The van der Waals surface area contributed by atoms with Crippen LogP contribution in [0.1, 0.15) is 32.4 Å². The Kier molecular flexibility index (Phi) is 6.23. The van der Waals surface area contributed by atoms with Gasteiger partial charge in [0.1, 0.15) is 5.37 Å². The first-order valence-electron chi connectivity index (χ1n) is 9.85. The molecule has 1 aliphatic heterocycles. The van der Waals surface area contributed by atoms with Crippen LogP contribution in [0.3, 0.4) is 0 Å². The molecule has 4 nitrogen and oxygen atoms in total. The van der Waals surface area contributed by atoms with E-state index in [1.807, 2.05) is 35.2 Å². The van der Waals surface area contributed by atoms with E-state index in [1.54, 1.807) is 24.3 Å². The third-order valence-corrected chi connectivity index (χ3v) is 6.35. The molecule has 1 N–H and O–H groups in total. The summed E-state index contributed by atoms with van der Waals surface area (Å²) < 4.78 is 38.0. The lowest BCUT2D eigenvalue weighted by Gasteiger charge is -2.24. The summed E-state index contributed by atoms with van der Waals surface area (Å²) in [5, 5.41) is 2.45. The van der Waals surface area contributed by atoms with Gasteiger partial charge in [-0.05, 0) is 47.5 Å². The molecule has 1 atom stereocenters. The molecule has 8 heteroatoms. The van der Waals surface area contributed by atoms with Gasteiger partial charge < -0.3 is 10.2 Å². The molecule has 1 saturated heterocycles. The Bertz CT molecular complexity index is 1100. The average Bonchev–Trinajstić information content (AvgIpc) is 3.14. The molecule has 0 bridgehead atoms. The Balaban J connectivity index is 1.44. The summed E-state index contributed by atoms with van der Waals surface area (Å²) in [4.78, 5) is 26.7. The number of carbonyl (C=O) groups is 2. The number of nitrogens with one attached hydrogen (secondary N) is 1. The van der Waals surface area contributed by atoms with E-state index >= 15 is 0 Å². The lowest BCUT2D eigenvalue weighted by molar-refractivity contribution is -0.137. The maximum absolute atomic E-state index is 12.7. The molecular weight excluding hydrogens is 437 g/mol. The van der Waals surface area contributed by atoms with Crippen molar-refractivity contribution in [2.75, 3.05) is 11.1 Å². The highest BCUT2D eigenvalue weighted by molar-refractivity contribution is 8.00. The van der Waals surface area contributed by atoms with Crippen LogP contribution < -0.4 is 5.32 Å². The minimum absolute atomic E-state index is 0.0629. The molecule has 32 heavy (non-hydrogen) atoms. The van der Waals surface area contributed by atoms with Gasteiger partial charge in [0.25, 0.3) is 5.91 Å². The highest BCUT2D eigenvalue weighted by atomic mass is 32.2. The zero-order valence-corrected chi connectivity index (χ0v) is 17.6. The van der Waals surface area contributed by atoms with Crippen molar-refractivity contribution in [1.29, 1.82) is 0 Å². The number of carbonyl (C=O) groups excluding carboxylic acids is 2. The topological polar surface area (TPSA) is 49.4 Å². The number of rotatable bonds is 5. The molecular formula is C24H19F3N2O2S. The van der Waals surface area contributed by atoms with E-state index in [1.165, 1.54) is 23.9 Å².